The smallest absolute Gasteiger partial charge is 0.326 e. The summed E-state index contributed by atoms with van der Waals surface area (Å²) in [5.41, 5.74) is 1.64. The number of ketones is 2. The number of fused-ring (bicyclic) bond motifs is 3. The molecule has 1 aliphatic heterocycles. The van der Waals surface area contributed by atoms with Crippen molar-refractivity contribution >= 4 is 40.9 Å². The van der Waals surface area contributed by atoms with E-state index in [0.717, 1.165) is 4.90 Å². The van der Waals surface area contributed by atoms with E-state index in [-0.39, 0.29) is 45.1 Å². The maximum Gasteiger partial charge on any atom is 0.326 e. The van der Waals surface area contributed by atoms with Gasteiger partial charge in [-0.2, -0.15) is 0 Å². The molecule has 3 aromatic carbocycles. The van der Waals surface area contributed by atoms with E-state index in [4.69, 9.17) is 4.74 Å². The number of rotatable bonds is 5. The molecule has 0 fully saturated rings. The molecule has 0 radical (unpaired) electrons. The number of hydrogen-bond donors (Lipinski definition) is 1. The molecule has 0 bridgehead atoms. The maximum atomic E-state index is 12.9. The average Bonchev–Trinajstić information content (AvgIpc) is 3.12. The fraction of sp³-hybridized carbons (Fsp3) is 0.111. The Hall–Kier alpha value is -4.92. The first-order chi connectivity index (χ1) is 17.3. The molecular formula is C27H18N2O7. The topological polar surface area (TPSA) is 127 Å². The normalized spacial score (nSPS) is 14.6. The van der Waals surface area contributed by atoms with Gasteiger partial charge in [0, 0.05) is 27.9 Å². The van der Waals surface area contributed by atoms with Crippen molar-refractivity contribution in [1.29, 1.82) is 0 Å². The molecule has 1 aliphatic carbocycles. The SMILES string of the molecule is CC(OC(=O)CN1C(=O)c2ccccc2C1=O)C(=O)Nc1ccc2c(c1)C(=O)c1ccccc1C2=O. The van der Waals surface area contributed by atoms with Gasteiger partial charge >= 0.3 is 5.97 Å². The van der Waals surface area contributed by atoms with Gasteiger partial charge in [-0.25, -0.2) is 0 Å². The summed E-state index contributed by atoms with van der Waals surface area (Å²) in [5, 5.41) is 2.55. The Morgan fingerprint density at radius 2 is 1.25 bits per heavy atom. The molecule has 1 heterocycles. The van der Waals surface area contributed by atoms with Gasteiger partial charge in [0.1, 0.15) is 6.54 Å². The highest BCUT2D eigenvalue weighted by Gasteiger charge is 2.37. The van der Waals surface area contributed by atoms with Crippen molar-refractivity contribution in [2.45, 2.75) is 13.0 Å². The van der Waals surface area contributed by atoms with Gasteiger partial charge in [-0.3, -0.25) is 33.7 Å². The van der Waals surface area contributed by atoms with Crippen LogP contribution >= 0.6 is 0 Å². The minimum atomic E-state index is -1.26. The van der Waals surface area contributed by atoms with Gasteiger partial charge in [0.25, 0.3) is 17.7 Å². The Morgan fingerprint density at radius 1 is 0.750 bits per heavy atom. The zero-order chi connectivity index (χ0) is 25.6. The van der Waals surface area contributed by atoms with Crippen LogP contribution in [-0.4, -0.2) is 52.8 Å². The van der Waals surface area contributed by atoms with Gasteiger partial charge in [-0.1, -0.05) is 36.4 Å². The summed E-state index contributed by atoms with van der Waals surface area (Å²) in [4.78, 5) is 76.2. The number of nitrogens with one attached hydrogen (secondary N) is 1. The van der Waals surface area contributed by atoms with E-state index in [2.05, 4.69) is 5.32 Å². The Morgan fingerprint density at radius 3 is 1.83 bits per heavy atom. The molecule has 36 heavy (non-hydrogen) atoms. The van der Waals surface area contributed by atoms with Crippen molar-refractivity contribution in [2.75, 3.05) is 11.9 Å². The lowest BCUT2D eigenvalue weighted by Crippen LogP contribution is -2.38. The number of amides is 3. The van der Waals surface area contributed by atoms with Gasteiger partial charge in [0.2, 0.25) is 0 Å². The Labute approximate surface area is 204 Å². The Bertz CT molecular complexity index is 1470. The molecule has 0 spiro atoms. The molecule has 3 aromatic rings. The highest BCUT2D eigenvalue weighted by molar-refractivity contribution is 6.28. The van der Waals surface area contributed by atoms with Crippen LogP contribution in [0.5, 0.6) is 0 Å². The van der Waals surface area contributed by atoms with E-state index in [1.807, 2.05) is 0 Å². The van der Waals surface area contributed by atoms with Crippen LogP contribution in [0.4, 0.5) is 5.69 Å². The van der Waals surface area contributed by atoms with Crippen LogP contribution in [0.25, 0.3) is 0 Å². The van der Waals surface area contributed by atoms with Crippen LogP contribution in [0.2, 0.25) is 0 Å². The lowest BCUT2D eigenvalue weighted by atomic mass is 9.84. The van der Waals surface area contributed by atoms with E-state index in [9.17, 15) is 28.8 Å². The molecule has 1 atom stereocenters. The summed E-state index contributed by atoms with van der Waals surface area (Å²) in [6.45, 7) is 0.692. The number of carbonyl (C=O) groups is 6. The summed E-state index contributed by atoms with van der Waals surface area (Å²) in [5.74, 6) is -3.47. The van der Waals surface area contributed by atoms with E-state index in [0.29, 0.717) is 5.56 Å². The highest BCUT2D eigenvalue weighted by Crippen LogP contribution is 2.29. The summed E-state index contributed by atoms with van der Waals surface area (Å²) >= 11 is 0. The predicted octanol–water partition coefficient (Wildman–Crippen LogP) is 2.63. The molecular weight excluding hydrogens is 464 g/mol. The number of anilines is 1. The quantitative estimate of drug-likeness (QED) is 0.342. The van der Waals surface area contributed by atoms with Gasteiger partial charge < -0.3 is 10.1 Å². The van der Waals surface area contributed by atoms with Gasteiger partial charge in [-0.15, -0.1) is 0 Å². The van der Waals surface area contributed by atoms with Crippen LogP contribution < -0.4 is 5.32 Å². The number of ether oxygens (including phenoxy) is 1. The number of nitrogens with zero attached hydrogens (tertiary/aromatic N) is 1. The van der Waals surface area contributed by atoms with Crippen molar-refractivity contribution in [1.82, 2.24) is 4.90 Å². The second kappa shape index (κ2) is 8.70. The third-order valence-electron chi connectivity index (χ3n) is 6.04. The standard InChI is InChI=1S/C27H18N2O7/c1-14(36-22(30)13-29-26(34)19-8-4-5-9-20(19)27(29)35)25(33)28-15-10-11-18-21(12-15)24(32)17-7-3-2-6-16(17)23(18)31/h2-12,14H,13H2,1H3,(H,28,33). The first-order valence-corrected chi connectivity index (χ1v) is 11.0. The van der Waals surface area contributed by atoms with E-state index >= 15 is 0 Å². The summed E-state index contributed by atoms with van der Waals surface area (Å²) in [6, 6.07) is 17.0. The van der Waals surface area contributed by atoms with Crippen molar-refractivity contribution in [3.8, 4) is 0 Å². The zero-order valence-corrected chi connectivity index (χ0v) is 18.9. The third kappa shape index (κ3) is 3.76. The Balaban J connectivity index is 1.24. The second-order valence-corrected chi connectivity index (χ2v) is 8.33. The number of esters is 1. The summed E-state index contributed by atoms with van der Waals surface area (Å²) in [7, 11) is 0. The number of carbonyl (C=O) groups excluding carboxylic acids is 6. The van der Waals surface area contributed by atoms with Crippen LogP contribution in [0, 0.1) is 0 Å². The lowest BCUT2D eigenvalue weighted by Gasteiger charge is -2.19. The van der Waals surface area contributed by atoms with Crippen molar-refractivity contribution in [3.63, 3.8) is 0 Å². The van der Waals surface area contributed by atoms with Crippen molar-refractivity contribution in [3.05, 3.63) is 100 Å². The first-order valence-electron chi connectivity index (χ1n) is 11.0. The van der Waals surface area contributed by atoms with E-state index < -0.39 is 36.3 Å². The minimum Gasteiger partial charge on any atom is -0.451 e. The molecule has 0 saturated carbocycles. The zero-order valence-electron chi connectivity index (χ0n) is 18.9. The first kappa shape index (κ1) is 22.9. The highest BCUT2D eigenvalue weighted by atomic mass is 16.5. The minimum absolute atomic E-state index is 0.159. The fourth-order valence-corrected chi connectivity index (χ4v) is 4.22. The van der Waals surface area contributed by atoms with Gasteiger partial charge in [0.05, 0.1) is 11.1 Å². The molecule has 5 rings (SSSR count). The second-order valence-electron chi connectivity index (χ2n) is 8.33. The monoisotopic (exact) mass is 482 g/mol. The Kier molecular flexibility index (Phi) is 5.52. The van der Waals surface area contributed by atoms with Crippen LogP contribution in [0.3, 0.4) is 0 Å². The van der Waals surface area contributed by atoms with Gasteiger partial charge in [-0.05, 0) is 37.3 Å². The molecule has 2 aliphatic rings. The van der Waals surface area contributed by atoms with Crippen LogP contribution in [0.1, 0.15) is 59.5 Å². The van der Waals surface area contributed by atoms with Crippen LogP contribution in [-0.2, 0) is 14.3 Å². The lowest BCUT2D eigenvalue weighted by molar-refractivity contribution is -0.153. The largest absolute Gasteiger partial charge is 0.451 e. The molecule has 3 amide bonds. The number of hydrogen-bond acceptors (Lipinski definition) is 7. The fourth-order valence-electron chi connectivity index (χ4n) is 4.22. The molecule has 1 N–H and O–H groups in total. The van der Waals surface area contributed by atoms with Crippen molar-refractivity contribution in [2.24, 2.45) is 0 Å². The molecule has 9 heteroatoms. The van der Waals surface area contributed by atoms with E-state index in [1.54, 1.807) is 36.4 Å². The molecule has 0 aromatic heterocycles. The molecule has 178 valence electrons. The molecule has 1 unspecified atom stereocenters. The van der Waals surface area contributed by atoms with Crippen molar-refractivity contribution < 1.29 is 33.5 Å². The van der Waals surface area contributed by atoms with E-state index in [1.165, 1.54) is 37.3 Å². The predicted molar refractivity (Wildman–Crippen MR) is 126 cm³/mol. The maximum absolute atomic E-state index is 12.9. The summed E-state index contributed by atoms with van der Waals surface area (Å²) in [6.07, 6.45) is -1.26. The molecule has 9 nitrogen and oxygen atoms in total. The third-order valence-corrected chi connectivity index (χ3v) is 6.04. The summed E-state index contributed by atoms with van der Waals surface area (Å²) < 4.78 is 5.12. The average molecular weight is 482 g/mol. The number of imide groups is 1. The van der Waals surface area contributed by atoms with Crippen LogP contribution in [0.15, 0.2) is 66.7 Å². The number of benzene rings is 3. The van der Waals surface area contributed by atoms with Gasteiger partial charge in [0.15, 0.2) is 17.7 Å². The molecule has 0 saturated heterocycles.